The molecule has 3 rings (SSSR count). The van der Waals surface area contributed by atoms with Gasteiger partial charge in [0, 0.05) is 25.6 Å². The molecule has 1 aromatic rings. The number of amides is 1. The van der Waals surface area contributed by atoms with E-state index in [4.69, 9.17) is 9.47 Å². The number of likely N-dealkylation sites (tertiary alicyclic amines) is 1. The number of benzene rings is 1. The Morgan fingerprint density at radius 3 is 3.09 bits per heavy atom. The zero-order valence-corrected chi connectivity index (χ0v) is 13.0. The van der Waals surface area contributed by atoms with Gasteiger partial charge in [0.2, 0.25) is 5.91 Å². The second kappa shape index (κ2) is 6.26. The number of para-hydroxylation sites is 1. The largest absolute Gasteiger partial charge is 0.493 e. The lowest BCUT2D eigenvalue weighted by Gasteiger charge is -2.37. The standard InChI is InChI=1S/C17H23NO4/c1-2-21-8-7-16(20)18-9-14-13-5-3-4-6-15(13)22-12-17(14,10-18)11-19/h3-6,14,19H,2,7-12H2,1H3/t14-,17-/m1/s1. The van der Waals surface area contributed by atoms with E-state index in [9.17, 15) is 9.90 Å². The van der Waals surface area contributed by atoms with Gasteiger partial charge in [0.25, 0.3) is 0 Å². The Labute approximate surface area is 130 Å². The molecule has 5 nitrogen and oxygen atoms in total. The first-order valence-electron chi connectivity index (χ1n) is 7.88. The van der Waals surface area contributed by atoms with E-state index in [0.29, 0.717) is 39.3 Å². The quantitative estimate of drug-likeness (QED) is 0.836. The van der Waals surface area contributed by atoms with Crippen molar-refractivity contribution in [3.05, 3.63) is 29.8 Å². The number of nitrogens with zero attached hydrogens (tertiary/aromatic N) is 1. The summed E-state index contributed by atoms with van der Waals surface area (Å²) >= 11 is 0. The summed E-state index contributed by atoms with van der Waals surface area (Å²) < 4.78 is 11.1. The van der Waals surface area contributed by atoms with Crippen LogP contribution in [0.2, 0.25) is 0 Å². The lowest BCUT2D eigenvalue weighted by atomic mass is 9.74. The third-order valence-electron chi connectivity index (χ3n) is 4.79. The summed E-state index contributed by atoms with van der Waals surface area (Å²) in [5.74, 6) is 1.10. The van der Waals surface area contributed by atoms with Gasteiger partial charge in [-0.15, -0.1) is 0 Å². The van der Waals surface area contributed by atoms with E-state index in [0.717, 1.165) is 11.3 Å². The van der Waals surface area contributed by atoms with Crippen molar-refractivity contribution >= 4 is 5.91 Å². The van der Waals surface area contributed by atoms with Crippen molar-refractivity contribution in [3.8, 4) is 5.75 Å². The summed E-state index contributed by atoms with van der Waals surface area (Å²) in [6, 6.07) is 7.92. The van der Waals surface area contributed by atoms with Crippen LogP contribution in [0.3, 0.4) is 0 Å². The summed E-state index contributed by atoms with van der Waals surface area (Å²) in [5.41, 5.74) is 0.721. The first-order chi connectivity index (χ1) is 10.7. The maximum atomic E-state index is 12.4. The van der Waals surface area contributed by atoms with Crippen molar-refractivity contribution in [1.29, 1.82) is 0 Å². The molecule has 120 valence electrons. The summed E-state index contributed by atoms with van der Waals surface area (Å²) in [4.78, 5) is 14.2. The minimum absolute atomic E-state index is 0.0290. The molecular formula is C17H23NO4. The lowest BCUT2D eigenvalue weighted by Crippen LogP contribution is -2.42. The molecule has 0 saturated carbocycles. The number of hydrogen-bond donors (Lipinski definition) is 1. The summed E-state index contributed by atoms with van der Waals surface area (Å²) in [5, 5.41) is 9.95. The molecule has 2 atom stereocenters. The van der Waals surface area contributed by atoms with Crippen LogP contribution < -0.4 is 4.74 Å². The van der Waals surface area contributed by atoms with Crippen LogP contribution >= 0.6 is 0 Å². The normalized spacial score (nSPS) is 26.3. The van der Waals surface area contributed by atoms with Crippen LogP contribution in [0.15, 0.2) is 24.3 Å². The average Bonchev–Trinajstić information content (AvgIpc) is 2.96. The zero-order chi connectivity index (χ0) is 15.6. The summed E-state index contributed by atoms with van der Waals surface area (Å²) in [6.45, 7) is 4.68. The number of carbonyl (C=O) groups is 1. The highest BCUT2D eigenvalue weighted by molar-refractivity contribution is 5.77. The van der Waals surface area contributed by atoms with Crippen LogP contribution in [0.25, 0.3) is 0 Å². The van der Waals surface area contributed by atoms with E-state index in [1.807, 2.05) is 36.1 Å². The van der Waals surface area contributed by atoms with Gasteiger partial charge in [0.1, 0.15) is 5.75 Å². The molecule has 2 aliphatic heterocycles. The maximum absolute atomic E-state index is 12.4. The molecule has 0 bridgehead atoms. The SMILES string of the molecule is CCOCCC(=O)N1C[C@@H]2c3ccccc3OC[C@]2(CO)C1. The fourth-order valence-electron chi connectivity index (χ4n) is 3.52. The molecule has 1 fully saturated rings. The molecule has 1 amide bonds. The predicted octanol–water partition coefficient (Wildman–Crippen LogP) is 1.41. The summed E-state index contributed by atoms with van der Waals surface area (Å²) in [6.07, 6.45) is 0.393. The molecule has 0 aromatic heterocycles. The molecule has 2 heterocycles. The molecular weight excluding hydrogens is 282 g/mol. The molecule has 1 N–H and O–H groups in total. The Kier molecular flexibility index (Phi) is 4.36. The second-order valence-corrected chi connectivity index (χ2v) is 6.12. The number of rotatable bonds is 5. The molecule has 22 heavy (non-hydrogen) atoms. The molecule has 0 spiro atoms. The van der Waals surface area contributed by atoms with E-state index in [1.54, 1.807) is 0 Å². The average molecular weight is 305 g/mol. The Morgan fingerprint density at radius 1 is 1.50 bits per heavy atom. The van der Waals surface area contributed by atoms with E-state index in [2.05, 4.69) is 0 Å². The van der Waals surface area contributed by atoms with Crippen molar-refractivity contribution in [2.75, 3.05) is 39.5 Å². The molecule has 5 heteroatoms. The highest BCUT2D eigenvalue weighted by Gasteiger charge is 2.51. The van der Waals surface area contributed by atoms with Gasteiger partial charge in [0.15, 0.2) is 0 Å². The van der Waals surface area contributed by atoms with Crippen LogP contribution in [0.1, 0.15) is 24.8 Å². The van der Waals surface area contributed by atoms with Crippen LogP contribution in [0, 0.1) is 5.41 Å². The Bertz CT molecular complexity index is 547. The highest BCUT2D eigenvalue weighted by Crippen LogP contribution is 2.49. The predicted molar refractivity (Wildman–Crippen MR) is 81.9 cm³/mol. The van der Waals surface area contributed by atoms with Crippen molar-refractivity contribution in [2.24, 2.45) is 5.41 Å². The third kappa shape index (κ3) is 2.59. The number of hydrogen-bond acceptors (Lipinski definition) is 4. The van der Waals surface area contributed by atoms with Crippen LogP contribution in [-0.4, -0.2) is 55.4 Å². The zero-order valence-electron chi connectivity index (χ0n) is 13.0. The van der Waals surface area contributed by atoms with Crippen molar-refractivity contribution < 1.29 is 19.4 Å². The highest BCUT2D eigenvalue weighted by atomic mass is 16.5. The first kappa shape index (κ1) is 15.3. The first-order valence-corrected chi connectivity index (χ1v) is 7.88. The minimum atomic E-state index is -0.379. The van der Waals surface area contributed by atoms with E-state index >= 15 is 0 Å². The van der Waals surface area contributed by atoms with Gasteiger partial charge in [0.05, 0.1) is 31.7 Å². The van der Waals surface area contributed by atoms with Gasteiger partial charge in [-0.1, -0.05) is 18.2 Å². The van der Waals surface area contributed by atoms with Gasteiger partial charge >= 0.3 is 0 Å². The Morgan fingerprint density at radius 2 is 2.32 bits per heavy atom. The second-order valence-electron chi connectivity index (χ2n) is 6.12. The fourth-order valence-corrected chi connectivity index (χ4v) is 3.52. The van der Waals surface area contributed by atoms with Crippen LogP contribution in [0.4, 0.5) is 0 Å². The molecule has 0 unspecified atom stereocenters. The number of aliphatic hydroxyl groups excluding tert-OH is 1. The molecule has 1 saturated heterocycles. The molecule has 0 radical (unpaired) electrons. The van der Waals surface area contributed by atoms with E-state index in [1.165, 1.54) is 0 Å². The molecule has 1 aromatic carbocycles. The smallest absolute Gasteiger partial charge is 0.224 e. The number of ether oxygens (including phenoxy) is 2. The monoisotopic (exact) mass is 305 g/mol. The van der Waals surface area contributed by atoms with E-state index in [-0.39, 0.29) is 23.8 Å². The van der Waals surface area contributed by atoms with Crippen LogP contribution in [-0.2, 0) is 9.53 Å². The van der Waals surface area contributed by atoms with Crippen molar-refractivity contribution in [2.45, 2.75) is 19.3 Å². The Balaban J connectivity index is 1.78. The third-order valence-corrected chi connectivity index (χ3v) is 4.79. The molecule has 0 aliphatic carbocycles. The van der Waals surface area contributed by atoms with Crippen molar-refractivity contribution in [1.82, 2.24) is 4.90 Å². The lowest BCUT2D eigenvalue weighted by molar-refractivity contribution is -0.131. The van der Waals surface area contributed by atoms with Gasteiger partial charge < -0.3 is 19.5 Å². The topological polar surface area (TPSA) is 59.0 Å². The van der Waals surface area contributed by atoms with Crippen LogP contribution in [0.5, 0.6) is 5.75 Å². The Hall–Kier alpha value is -1.59. The van der Waals surface area contributed by atoms with Gasteiger partial charge in [-0.2, -0.15) is 0 Å². The van der Waals surface area contributed by atoms with Gasteiger partial charge in [-0.3, -0.25) is 4.79 Å². The van der Waals surface area contributed by atoms with Gasteiger partial charge in [-0.25, -0.2) is 0 Å². The van der Waals surface area contributed by atoms with Crippen molar-refractivity contribution in [3.63, 3.8) is 0 Å². The minimum Gasteiger partial charge on any atom is -0.493 e. The number of carbonyl (C=O) groups excluding carboxylic acids is 1. The summed E-state index contributed by atoms with van der Waals surface area (Å²) in [7, 11) is 0. The number of fused-ring (bicyclic) bond motifs is 3. The maximum Gasteiger partial charge on any atom is 0.224 e. The molecule has 2 aliphatic rings. The van der Waals surface area contributed by atoms with E-state index < -0.39 is 0 Å². The number of aliphatic hydroxyl groups is 1. The van der Waals surface area contributed by atoms with Gasteiger partial charge in [-0.05, 0) is 18.6 Å². The fraction of sp³-hybridized carbons (Fsp3) is 0.588.